The van der Waals surface area contributed by atoms with Gasteiger partial charge in [0.15, 0.2) is 0 Å². The second kappa shape index (κ2) is 6.19. The van der Waals surface area contributed by atoms with Gasteiger partial charge >= 0.3 is 6.03 Å². The van der Waals surface area contributed by atoms with Crippen LogP contribution in [0, 0.1) is 0 Å². The molecule has 144 valence electrons. The molecular weight excluding hydrogens is 354 g/mol. The van der Waals surface area contributed by atoms with Gasteiger partial charge in [0, 0.05) is 60.6 Å². The first-order valence-electron chi connectivity index (χ1n) is 9.71. The van der Waals surface area contributed by atoms with Crippen molar-refractivity contribution in [2.75, 3.05) is 25.4 Å². The lowest BCUT2D eigenvalue weighted by atomic mass is 9.82. The number of nitrogen functional groups attached to an aromatic ring is 1. The molecule has 5 rings (SSSR count). The number of carbonyl (C=O) groups is 1. The minimum Gasteiger partial charge on any atom is -0.382 e. The molecule has 1 spiro atoms. The van der Waals surface area contributed by atoms with Crippen LogP contribution in [0.3, 0.4) is 0 Å². The number of carbonyl (C=O) groups excluding carboxylic acids is 1. The Hall–Kier alpha value is -3.16. The zero-order valence-corrected chi connectivity index (χ0v) is 15.9. The Morgan fingerprint density at radius 2 is 2.14 bits per heavy atom. The molecule has 2 amide bonds. The van der Waals surface area contributed by atoms with E-state index in [1.807, 2.05) is 17.9 Å². The maximum absolute atomic E-state index is 12.2. The van der Waals surface area contributed by atoms with Gasteiger partial charge in [-0.25, -0.2) is 9.78 Å². The number of nitrogens with one attached hydrogen (secondary N) is 1. The van der Waals surface area contributed by atoms with Crippen molar-refractivity contribution in [3.8, 4) is 11.3 Å². The molecule has 2 aliphatic heterocycles. The molecule has 3 aromatic rings. The fraction of sp³-hybridized carbons (Fsp3) is 0.400. The van der Waals surface area contributed by atoms with Crippen molar-refractivity contribution in [1.82, 2.24) is 30.0 Å². The molecule has 1 unspecified atom stereocenters. The molecule has 1 saturated heterocycles. The van der Waals surface area contributed by atoms with Crippen LogP contribution in [0.2, 0.25) is 0 Å². The number of hydrogen-bond donors (Lipinski definition) is 2. The van der Waals surface area contributed by atoms with Gasteiger partial charge in [-0.15, -0.1) is 0 Å². The van der Waals surface area contributed by atoms with E-state index in [0.717, 1.165) is 49.1 Å². The van der Waals surface area contributed by atoms with Crippen LogP contribution in [0.15, 0.2) is 30.6 Å². The average molecular weight is 377 g/mol. The van der Waals surface area contributed by atoms with E-state index in [1.54, 1.807) is 12.4 Å². The van der Waals surface area contributed by atoms with E-state index < -0.39 is 0 Å². The minimum absolute atomic E-state index is 0.00889. The normalized spacial score (nSPS) is 20.8. The maximum atomic E-state index is 12.2. The van der Waals surface area contributed by atoms with Crippen LogP contribution in [0.4, 0.5) is 10.6 Å². The van der Waals surface area contributed by atoms with Gasteiger partial charge < -0.3 is 16.0 Å². The highest BCUT2D eigenvalue weighted by molar-refractivity contribution is 5.89. The first-order valence-corrected chi connectivity index (χ1v) is 9.71. The van der Waals surface area contributed by atoms with E-state index in [0.29, 0.717) is 17.9 Å². The summed E-state index contributed by atoms with van der Waals surface area (Å²) < 4.78 is 2.10. The molecule has 0 radical (unpaired) electrons. The molecule has 2 aliphatic rings. The van der Waals surface area contributed by atoms with Crippen molar-refractivity contribution in [3.63, 3.8) is 0 Å². The highest BCUT2D eigenvalue weighted by Gasteiger charge is 2.46. The molecular formula is C20H23N7O. The van der Waals surface area contributed by atoms with Crippen molar-refractivity contribution in [1.29, 1.82) is 0 Å². The van der Waals surface area contributed by atoms with E-state index in [2.05, 4.69) is 32.1 Å². The standard InChI is InChI=1S/C20H23N7O/c1-2-22-19(28)26-7-4-20(12-26)5-8-27-16(20)10-15(25-27)14-9-13-3-6-23-18(21)17(13)24-11-14/h3,6,9-11H,2,4-5,7-8,12H2,1H3,(H2,21,23)(H,22,28). The number of nitrogens with zero attached hydrogens (tertiary/aromatic N) is 5. The molecule has 1 atom stereocenters. The fourth-order valence-corrected chi connectivity index (χ4v) is 4.55. The predicted molar refractivity (Wildman–Crippen MR) is 107 cm³/mol. The van der Waals surface area contributed by atoms with Gasteiger partial charge in [-0.2, -0.15) is 5.10 Å². The van der Waals surface area contributed by atoms with Crippen molar-refractivity contribution in [2.24, 2.45) is 0 Å². The van der Waals surface area contributed by atoms with E-state index in [9.17, 15) is 4.79 Å². The molecule has 8 nitrogen and oxygen atoms in total. The monoisotopic (exact) mass is 377 g/mol. The summed E-state index contributed by atoms with van der Waals surface area (Å²) in [4.78, 5) is 22.8. The van der Waals surface area contributed by atoms with Crippen LogP contribution >= 0.6 is 0 Å². The first kappa shape index (κ1) is 17.0. The Balaban J connectivity index is 1.47. The summed E-state index contributed by atoms with van der Waals surface area (Å²) in [5.74, 6) is 0.437. The Morgan fingerprint density at radius 3 is 3.00 bits per heavy atom. The number of amides is 2. The van der Waals surface area contributed by atoms with Gasteiger partial charge in [0.25, 0.3) is 0 Å². The van der Waals surface area contributed by atoms with Crippen molar-refractivity contribution < 1.29 is 4.79 Å². The number of fused-ring (bicyclic) bond motifs is 3. The number of nitrogens with two attached hydrogens (primary N) is 1. The topological polar surface area (TPSA) is 102 Å². The smallest absolute Gasteiger partial charge is 0.317 e. The van der Waals surface area contributed by atoms with Gasteiger partial charge in [0.1, 0.15) is 11.3 Å². The van der Waals surface area contributed by atoms with Crippen molar-refractivity contribution in [2.45, 2.75) is 31.7 Å². The summed E-state index contributed by atoms with van der Waals surface area (Å²) >= 11 is 0. The number of anilines is 1. The van der Waals surface area contributed by atoms with Gasteiger partial charge in [-0.05, 0) is 38.0 Å². The molecule has 0 bridgehead atoms. The van der Waals surface area contributed by atoms with Crippen molar-refractivity contribution >= 4 is 22.8 Å². The number of aromatic nitrogens is 4. The Morgan fingerprint density at radius 1 is 1.29 bits per heavy atom. The number of pyridine rings is 2. The molecule has 0 saturated carbocycles. The third-order valence-corrected chi connectivity index (χ3v) is 6.02. The summed E-state index contributed by atoms with van der Waals surface area (Å²) in [6.45, 7) is 5.02. The van der Waals surface area contributed by atoms with Crippen molar-refractivity contribution in [3.05, 3.63) is 36.3 Å². The molecule has 28 heavy (non-hydrogen) atoms. The number of aryl methyl sites for hydroxylation is 1. The van der Waals surface area contributed by atoms with E-state index in [4.69, 9.17) is 10.8 Å². The largest absolute Gasteiger partial charge is 0.382 e. The number of hydrogen-bond acceptors (Lipinski definition) is 5. The van der Waals surface area contributed by atoms with Gasteiger partial charge in [-0.1, -0.05) is 0 Å². The summed E-state index contributed by atoms with van der Waals surface area (Å²) in [5, 5.41) is 8.69. The highest BCUT2D eigenvalue weighted by atomic mass is 16.2. The summed E-state index contributed by atoms with van der Waals surface area (Å²) in [5.41, 5.74) is 9.73. The Bertz CT molecular complexity index is 1080. The van der Waals surface area contributed by atoms with E-state index >= 15 is 0 Å². The Labute approximate surface area is 162 Å². The molecule has 3 N–H and O–H groups in total. The summed E-state index contributed by atoms with van der Waals surface area (Å²) in [7, 11) is 0. The minimum atomic E-state index is 0.00889. The quantitative estimate of drug-likeness (QED) is 0.712. The fourth-order valence-electron chi connectivity index (χ4n) is 4.55. The van der Waals surface area contributed by atoms with Crippen LogP contribution < -0.4 is 11.1 Å². The van der Waals surface area contributed by atoms with Crippen LogP contribution in [0.25, 0.3) is 22.2 Å². The number of urea groups is 1. The first-order chi connectivity index (χ1) is 13.6. The predicted octanol–water partition coefficient (Wildman–Crippen LogP) is 2.15. The SMILES string of the molecule is CCNC(=O)N1CCC2(CCn3nc(-c4cnc5c(N)nccc5c4)cc32)C1. The van der Waals surface area contributed by atoms with Gasteiger partial charge in [0.2, 0.25) is 0 Å². The molecule has 8 heteroatoms. The van der Waals surface area contributed by atoms with Crippen LogP contribution in [-0.4, -0.2) is 50.3 Å². The maximum Gasteiger partial charge on any atom is 0.317 e. The van der Waals surface area contributed by atoms with Gasteiger partial charge in [-0.3, -0.25) is 9.67 Å². The number of likely N-dealkylation sites (tertiary alicyclic amines) is 1. The lowest BCUT2D eigenvalue weighted by Gasteiger charge is -2.23. The lowest BCUT2D eigenvalue weighted by molar-refractivity contribution is 0.206. The summed E-state index contributed by atoms with van der Waals surface area (Å²) in [6, 6.07) is 6.17. The van der Waals surface area contributed by atoms with Crippen LogP contribution in [0.5, 0.6) is 0 Å². The third-order valence-electron chi connectivity index (χ3n) is 6.02. The molecule has 3 aromatic heterocycles. The average Bonchev–Trinajstić information content (AvgIpc) is 3.39. The molecule has 1 fully saturated rings. The zero-order valence-electron chi connectivity index (χ0n) is 15.9. The molecule has 5 heterocycles. The zero-order chi connectivity index (χ0) is 19.3. The van der Waals surface area contributed by atoms with Crippen LogP contribution in [0.1, 0.15) is 25.5 Å². The second-order valence-electron chi connectivity index (χ2n) is 7.67. The molecule has 0 aromatic carbocycles. The third kappa shape index (κ3) is 2.51. The van der Waals surface area contributed by atoms with Gasteiger partial charge in [0.05, 0.1) is 5.69 Å². The second-order valence-corrected chi connectivity index (χ2v) is 7.67. The van der Waals surface area contributed by atoms with Crippen LogP contribution in [-0.2, 0) is 12.0 Å². The lowest BCUT2D eigenvalue weighted by Crippen LogP contribution is -2.40. The molecule has 0 aliphatic carbocycles. The summed E-state index contributed by atoms with van der Waals surface area (Å²) in [6.07, 6.45) is 5.51. The highest BCUT2D eigenvalue weighted by Crippen LogP contribution is 2.43. The number of rotatable bonds is 2. The van der Waals surface area contributed by atoms with E-state index in [-0.39, 0.29) is 11.4 Å². The Kier molecular flexibility index (Phi) is 3.75. The van der Waals surface area contributed by atoms with E-state index in [1.165, 1.54) is 5.69 Å².